The molecule has 43 heavy (non-hydrogen) atoms. The Kier molecular flexibility index (Phi) is 11.0. The lowest BCUT2D eigenvalue weighted by molar-refractivity contribution is -0.140. The molecule has 0 aliphatic heterocycles. The van der Waals surface area contributed by atoms with E-state index in [9.17, 15) is 18.0 Å². The van der Waals surface area contributed by atoms with Gasteiger partial charge in [-0.15, -0.1) is 0 Å². The molecule has 7 nitrogen and oxygen atoms in total. The average molecular weight is 683 g/mol. The number of amides is 2. The number of nitrogens with zero attached hydrogens (tertiary/aromatic N) is 2. The summed E-state index contributed by atoms with van der Waals surface area (Å²) in [5.74, 6) is -0.861. The van der Waals surface area contributed by atoms with Crippen LogP contribution in [0.2, 0.25) is 5.02 Å². The average Bonchev–Trinajstić information content (AvgIpc) is 2.98. The van der Waals surface area contributed by atoms with Crippen molar-refractivity contribution in [3.8, 4) is 0 Å². The largest absolute Gasteiger partial charge is 0.352 e. The zero-order chi connectivity index (χ0) is 31.0. The molecule has 1 unspecified atom stereocenters. The second-order valence-corrected chi connectivity index (χ2v) is 13.5. The van der Waals surface area contributed by atoms with Gasteiger partial charge in [-0.2, -0.15) is 0 Å². The van der Waals surface area contributed by atoms with Crippen molar-refractivity contribution in [3.05, 3.63) is 130 Å². The maximum atomic E-state index is 14.4. The number of carbonyl (C=O) groups excluding carboxylic acids is 2. The number of carbonyl (C=O) groups is 2. The van der Waals surface area contributed by atoms with Crippen molar-refractivity contribution in [3.63, 3.8) is 0 Å². The highest BCUT2D eigenvalue weighted by Crippen LogP contribution is 2.26. The fourth-order valence-electron chi connectivity index (χ4n) is 4.62. The van der Waals surface area contributed by atoms with Crippen LogP contribution < -0.4 is 9.62 Å². The van der Waals surface area contributed by atoms with E-state index >= 15 is 0 Å². The SMILES string of the molecule is CC(C)NC(=O)C(Cc1ccccc1)N(Cc1cccc(Br)c1)C(=O)CN(c1ccc(Cl)cc1)S(=O)(=O)c1ccccc1. The van der Waals surface area contributed by atoms with Crippen LogP contribution in [0, 0.1) is 0 Å². The van der Waals surface area contributed by atoms with Crippen molar-refractivity contribution in [2.75, 3.05) is 10.8 Å². The minimum absolute atomic E-state index is 0.0367. The topological polar surface area (TPSA) is 86.8 Å². The van der Waals surface area contributed by atoms with Crippen molar-refractivity contribution in [1.29, 1.82) is 0 Å². The summed E-state index contributed by atoms with van der Waals surface area (Å²) in [7, 11) is -4.16. The van der Waals surface area contributed by atoms with Gasteiger partial charge in [-0.25, -0.2) is 8.42 Å². The van der Waals surface area contributed by atoms with Crippen LogP contribution in [0.5, 0.6) is 0 Å². The van der Waals surface area contributed by atoms with Crippen LogP contribution in [0.25, 0.3) is 0 Å². The highest BCUT2D eigenvalue weighted by Gasteiger charge is 2.34. The fraction of sp³-hybridized carbons (Fsp3) is 0.212. The van der Waals surface area contributed by atoms with Crippen LogP contribution in [-0.4, -0.2) is 43.8 Å². The molecule has 0 heterocycles. The highest BCUT2D eigenvalue weighted by atomic mass is 79.9. The summed E-state index contributed by atoms with van der Waals surface area (Å²) in [6.07, 6.45) is 0.242. The van der Waals surface area contributed by atoms with Gasteiger partial charge in [0.1, 0.15) is 12.6 Å². The van der Waals surface area contributed by atoms with Gasteiger partial charge in [0.15, 0.2) is 0 Å². The van der Waals surface area contributed by atoms with Crippen LogP contribution in [-0.2, 0) is 32.6 Å². The first-order chi connectivity index (χ1) is 20.5. The summed E-state index contributed by atoms with van der Waals surface area (Å²) in [5.41, 5.74) is 1.92. The van der Waals surface area contributed by atoms with E-state index in [-0.39, 0.29) is 35.5 Å². The molecule has 0 aliphatic rings. The molecule has 2 amide bonds. The van der Waals surface area contributed by atoms with Crippen molar-refractivity contribution in [2.45, 2.75) is 43.8 Å². The molecule has 224 valence electrons. The van der Waals surface area contributed by atoms with Crippen molar-refractivity contribution < 1.29 is 18.0 Å². The number of halogens is 2. The molecule has 1 atom stereocenters. The molecular formula is C33H33BrClN3O4S. The normalized spacial score (nSPS) is 12.0. The summed E-state index contributed by atoms with van der Waals surface area (Å²) in [6, 6.07) is 30.0. The molecule has 4 rings (SSSR count). The second kappa shape index (κ2) is 14.7. The lowest BCUT2D eigenvalue weighted by atomic mass is 10.0. The van der Waals surface area contributed by atoms with Gasteiger partial charge in [-0.3, -0.25) is 13.9 Å². The van der Waals surface area contributed by atoms with Gasteiger partial charge in [-0.1, -0.05) is 88.2 Å². The molecule has 0 saturated carbocycles. The fourth-order valence-corrected chi connectivity index (χ4v) is 6.63. The summed E-state index contributed by atoms with van der Waals surface area (Å²) >= 11 is 9.60. The Hall–Kier alpha value is -3.66. The third-order valence-corrected chi connectivity index (χ3v) is 9.20. The number of benzene rings is 4. The maximum Gasteiger partial charge on any atom is 0.264 e. The predicted molar refractivity (Wildman–Crippen MR) is 174 cm³/mol. The number of nitrogens with one attached hydrogen (secondary N) is 1. The first-order valence-electron chi connectivity index (χ1n) is 13.8. The minimum atomic E-state index is -4.16. The third kappa shape index (κ3) is 8.69. The summed E-state index contributed by atoms with van der Waals surface area (Å²) in [6.45, 7) is 3.26. The molecule has 0 spiro atoms. The number of hydrogen-bond donors (Lipinski definition) is 1. The first-order valence-corrected chi connectivity index (χ1v) is 16.4. The van der Waals surface area contributed by atoms with E-state index in [1.807, 2.05) is 68.4 Å². The number of hydrogen-bond acceptors (Lipinski definition) is 4. The molecule has 4 aromatic rings. The van der Waals surface area contributed by atoms with Gasteiger partial charge in [-0.05, 0) is 73.5 Å². The van der Waals surface area contributed by atoms with Crippen LogP contribution in [0.15, 0.2) is 119 Å². The van der Waals surface area contributed by atoms with E-state index in [4.69, 9.17) is 11.6 Å². The number of anilines is 1. The minimum Gasteiger partial charge on any atom is -0.352 e. The van der Waals surface area contributed by atoms with Gasteiger partial charge < -0.3 is 10.2 Å². The smallest absolute Gasteiger partial charge is 0.264 e. The van der Waals surface area contributed by atoms with E-state index in [2.05, 4.69) is 21.2 Å². The van der Waals surface area contributed by atoms with E-state index in [0.717, 1.165) is 19.9 Å². The maximum absolute atomic E-state index is 14.4. The van der Waals surface area contributed by atoms with Gasteiger partial charge in [0.2, 0.25) is 11.8 Å². The van der Waals surface area contributed by atoms with E-state index in [1.54, 1.807) is 42.5 Å². The Morgan fingerprint density at radius 3 is 2.05 bits per heavy atom. The van der Waals surface area contributed by atoms with E-state index in [0.29, 0.717) is 5.02 Å². The lowest BCUT2D eigenvalue weighted by Crippen LogP contribution is -2.54. The molecular weight excluding hydrogens is 650 g/mol. The van der Waals surface area contributed by atoms with Gasteiger partial charge in [0.05, 0.1) is 10.6 Å². The van der Waals surface area contributed by atoms with Gasteiger partial charge in [0.25, 0.3) is 10.0 Å². The third-order valence-electron chi connectivity index (χ3n) is 6.67. The summed E-state index contributed by atoms with van der Waals surface area (Å²) in [4.78, 5) is 29.6. The second-order valence-electron chi connectivity index (χ2n) is 10.3. The zero-order valence-electron chi connectivity index (χ0n) is 23.9. The van der Waals surface area contributed by atoms with Crippen molar-refractivity contribution >= 4 is 55.1 Å². The monoisotopic (exact) mass is 681 g/mol. The van der Waals surface area contributed by atoms with Crippen molar-refractivity contribution in [1.82, 2.24) is 10.2 Å². The van der Waals surface area contributed by atoms with Gasteiger partial charge >= 0.3 is 0 Å². The Morgan fingerprint density at radius 1 is 0.837 bits per heavy atom. The van der Waals surface area contributed by atoms with Crippen LogP contribution in [0.4, 0.5) is 5.69 Å². The van der Waals surface area contributed by atoms with E-state index in [1.165, 1.54) is 17.0 Å². The molecule has 0 aromatic heterocycles. The molecule has 4 aromatic carbocycles. The van der Waals surface area contributed by atoms with Gasteiger partial charge in [0, 0.05) is 28.5 Å². The number of sulfonamides is 1. The summed E-state index contributed by atoms with van der Waals surface area (Å²) in [5, 5.41) is 3.38. The summed E-state index contributed by atoms with van der Waals surface area (Å²) < 4.78 is 29.8. The molecule has 0 aliphatic carbocycles. The zero-order valence-corrected chi connectivity index (χ0v) is 27.0. The predicted octanol–water partition coefficient (Wildman–Crippen LogP) is 6.46. The molecule has 0 fully saturated rings. The lowest BCUT2D eigenvalue weighted by Gasteiger charge is -2.34. The first kappa shape index (κ1) is 32.3. The Bertz CT molecular complexity index is 1640. The molecule has 1 N–H and O–H groups in total. The standard InChI is InChI=1S/C33H33BrClN3O4S/c1-24(2)36-33(40)31(21-25-10-5-3-6-11-25)37(22-26-12-9-13-27(34)20-26)32(39)23-38(29-18-16-28(35)17-19-29)43(41,42)30-14-7-4-8-15-30/h3-20,24,31H,21-23H2,1-2H3,(H,36,40). The number of rotatable bonds is 12. The molecule has 0 saturated heterocycles. The van der Waals surface area contributed by atoms with Crippen LogP contribution in [0.3, 0.4) is 0 Å². The Labute approximate surface area is 266 Å². The highest BCUT2D eigenvalue weighted by molar-refractivity contribution is 9.10. The molecule has 0 bridgehead atoms. The van der Waals surface area contributed by atoms with Crippen LogP contribution in [0.1, 0.15) is 25.0 Å². The van der Waals surface area contributed by atoms with Crippen LogP contribution >= 0.6 is 27.5 Å². The quantitative estimate of drug-likeness (QED) is 0.186. The van der Waals surface area contributed by atoms with Crippen molar-refractivity contribution in [2.24, 2.45) is 0 Å². The molecule has 0 radical (unpaired) electrons. The molecule has 10 heteroatoms. The Morgan fingerprint density at radius 2 is 1.44 bits per heavy atom. The van der Waals surface area contributed by atoms with E-state index < -0.39 is 28.5 Å². The Balaban J connectivity index is 1.79.